The van der Waals surface area contributed by atoms with Gasteiger partial charge in [0, 0.05) is 6.04 Å². The molecule has 2 rings (SSSR count). The first kappa shape index (κ1) is 10.5. The predicted octanol–water partition coefficient (Wildman–Crippen LogP) is 2.80. The average Bonchev–Trinajstić information content (AvgIpc) is 2.71. The minimum Gasteiger partial charge on any atom is -0.481 e. The molecule has 1 aromatic heterocycles. The van der Waals surface area contributed by atoms with Crippen LogP contribution in [0.2, 0.25) is 0 Å². The summed E-state index contributed by atoms with van der Waals surface area (Å²) in [7, 11) is 0. The summed E-state index contributed by atoms with van der Waals surface area (Å²) in [4.78, 5) is 10.8. The van der Waals surface area contributed by atoms with Gasteiger partial charge in [0.25, 0.3) is 0 Å². The highest BCUT2D eigenvalue weighted by Crippen LogP contribution is 2.27. The van der Waals surface area contributed by atoms with E-state index in [1.165, 1.54) is 5.00 Å². The van der Waals surface area contributed by atoms with Gasteiger partial charge in [-0.1, -0.05) is 0 Å². The third kappa shape index (κ3) is 2.72. The van der Waals surface area contributed by atoms with Crippen LogP contribution < -0.4 is 5.32 Å². The molecular weight excluding hydrogens is 210 g/mol. The Morgan fingerprint density at radius 3 is 2.67 bits per heavy atom. The third-order valence-electron chi connectivity index (χ3n) is 2.94. The lowest BCUT2D eigenvalue weighted by Crippen LogP contribution is -2.28. The normalized spacial score (nSPS) is 26.1. The molecule has 82 valence electrons. The molecule has 1 aliphatic rings. The number of nitrogens with one attached hydrogen (secondary N) is 1. The third-order valence-corrected chi connectivity index (χ3v) is 3.75. The zero-order valence-corrected chi connectivity index (χ0v) is 9.30. The van der Waals surface area contributed by atoms with Crippen LogP contribution in [0.15, 0.2) is 17.5 Å². The number of carboxylic acid groups (broad SMARTS) is 1. The van der Waals surface area contributed by atoms with E-state index in [2.05, 4.69) is 11.4 Å². The van der Waals surface area contributed by atoms with Gasteiger partial charge in [0.2, 0.25) is 0 Å². The molecule has 0 amide bonds. The Hall–Kier alpha value is -1.03. The van der Waals surface area contributed by atoms with Gasteiger partial charge in [0.1, 0.15) is 0 Å². The minimum atomic E-state index is -0.635. The molecule has 0 bridgehead atoms. The van der Waals surface area contributed by atoms with Crippen LogP contribution >= 0.6 is 11.3 Å². The van der Waals surface area contributed by atoms with Crippen molar-refractivity contribution < 1.29 is 9.90 Å². The number of anilines is 1. The molecule has 3 nitrogen and oxygen atoms in total. The Morgan fingerprint density at radius 2 is 2.13 bits per heavy atom. The molecular formula is C11H15NO2S. The Kier molecular flexibility index (Phi) is 3.26. The fraction of sp³-hybridized carbons (Fsp3) is 0.545. The molecule has 2 N–H and O–H groups in total. The van der Waals surface area contributed by atoms with Crippen LogP contribution in [0.1, 0.15) is 25.7 Å². The van der Waals surface area contributed by atoms with Crippen LogP contribution in [0.5, 0.6) is 0 Å². The largest absolute Gasteiger partial charge is 0.481 e. The fourth-order valence-electron chi connectivity index (χ4n) is 2.05. The summed E-state index contributed by atoms with van der Waals surface area (Å²) in [5, 5.41) is 15.5. The number of hydrogen-bond acceptors (Lipinski definition) is 3. The van der Waals surface area contributed by atoms with Crippen molar-refractivity contribution in [2.75, 3.05) is 5.32 Å². The molecule has 0 unspecified atom stereocenters. The molecule has 0 aromatic carbocycles. The van der Waals surface area contributed by atoms with Gasteiger partial charge in [-0.15, -0.1) is 11.3 Å². The number of carbonyl (C=O) groups is 1. The van der Waals surface area contributed by atoms with E-state index in [1.54, 1.807) is 11.3 Å². The average molecular weight is 225 g/mol. The number of aliphatic carboxylic acids is 1. The zero-order valence-electron chi connectivity index (χ0n) is 8.48. The van der Waals surface area contributed by atoms with Gasteiger partial charge in [-0.05, 0) is 43.2 Å². The van der Waals surface area contributed by atoms with E-state index in [-0.39, 0.29) is 5.92 Å². The van der Waals surface area contributed by atoms with E-state index in [0.29, 0.717) is 6.04 Å². The van der Waals surface area contributed by atoms with Crippen LogP contribution in [0.4, 0.5) is 5.00 Å². The molecule has 1 saturated carbocycles. The molecule has 1 heterocycles. The zero-order chi connectivity index (χ0) is 10.7. The van der Waals surface area contributed by atoms with E-state index in [9.17, 15) is 4.79 Å². The lowest BCUT2D eigenvalue weighted by Gasteiger charge is -2.26. The second-order valence-electron chi connectivity index (χ2n) is 4.01. The van der Waals surface area contributed by atoms with Crippen LogP contribution in [-0.2, 0) is 4.79 Å². The van der Waals surface area contributed by atoms with Crippen molar-refractivity contribution in [1.29, 1.82) is 0 Å². The highest BCUT2D eigenvalue weighted by atomic mass is 32.1. The van der Waals surface area contributed by atoms with Crippen LogP contribution in [-0.4, -0.2) is 17.1 Å². The van der Waals surface area contributed by atoms with E-state index in [4.69, 9.17) is 5.11 Å². The maximum absolute atomic E-state index is 10.8. The summed E-state index contributed by atoms with van der Waals surface area (Å²) in [6.07, 6.45) is 3.54. The van der Waals surface area contributed by atoms with Crippen molar-refractivity contribution in [2.24, 2.45) is 5.92 Å². The minimum absolute atomic E-state index is 0.119. The first-order valence-corrected chi connectivity index (χ1v) is 6.16. The Balaban J connectivity index is 1.81. The molecule has 1 fully saturated rings. The quantitative estimate of drug-likeness (QED) is 0.831. The Bertz CT molecular complexity index is 315. The number of rotatable bonds is 3. The maximum Gasteiger partial charge on any atom is 0.306 e. The fourth-order valence-corrected chi connectivity index (χ4v) is 2.74. The SMILES string of the molecule is O=C(O)C1CCC(Nc2cccs2)CC1. The second-order valence-corrected chi connectivity index (χ2v) is 4.96. The molecule has 15 heavy (non-hydrogen) atoms. The smallest absolute Gasteiger partial charge is 0.306 e. The highest BCUT2D eigenvalue weighted by Gasteiger charge is 2.25. The van der Waals surface area contributed by atoms with Crippen molar-refractivity contribution in [3.63, 3.8) is 0 Å². The lowest BCUT2D eigenvalue weighted by atomic mass is 9.86. The van der Waals surface area contributed by atoms with Gasteiger partial charge >= 0.3 is 5.97 Å². The first-order chi connectivity index (χ1) is 7.25. The van der Waals surface area contributed by atoms with Gasteiger partial charge in [0.15, 0.2) is 0 Å². The molecule has 0 radical (unpaired) electrons. The van der Waals surface area contributed by atoms with Gasteiger partial charge in [-0.2, -0.15) is 0 Å². The Morgan fingerprint density at radius 1 is 1.40 bits per heavy atom. The number of thiophene rings is 1. The van der Waals surface area contributed by atoms with E-state index >= 15 is 0 Å². The topological polar surface area (TPSA) is 49.3 Å². The van der Waals surface area contributed by atoms with E-state index in [0.717, 1.165) is 25.7 Å². The summed E-state index contributed by atoms with van der Waals surface area (Å²) >= 11 is 1.70. The van der Waals surface area contributed by atoms with Crippen LogP contribution in [0.3, 0.4) is 0 Å². The Labute approximate surface area is 93.1 Å². The molecule has 0 spiro atoms. The van der Waals surface area contributed by atoms with Gasteiger partial charge in [-0.3, -0.25) is 4.79 Å². The van der Waals surface area contributed by atoms with Crippen molar-refractivity contribution in [1.82, 2.24) is 0 Å². The molecule has 0 saturated heterocycles. The second kappa shape index (κ2) is 4.66. The molecule has 0 aliphatic heterocycles. The summed E-state index contributed by atoms with van der Waals surface area (Å²) < 4.78 is 0. The van der Waals surface area contributed by atoms with Crippen molar-refractivity contribution in [2.45, 2.75) is 31.7 Å². The van der Waals surface area contributed by atoms with Crippen molar-refractivity contribution >= 4 is 22.3 Å². The molecule has 1 aromatic rings. The maximum atomic E-state index is 10.8. The van der Waals surface area contributed by atoms with E-state index < -0.39 is 5.97 Å². The summed E-state index contributed by atoms with van der Waals surface area (Å²) in [6.45, 7) is 0. The standard InChI is InChI=1S/C11H15NO2S/c13-11(14)8-3-5-9(6-4-8)12-10-2-1-7-15-10/h1-2,7-9,12H,3-6H2,(H,13,14). The summed E-state index contributed by atoms with van der Waals surface area (Å²) in [6, 6.07) is 4.54. The monoisotopic (exact) mass is 225 g/mol. The molecule has 4 heteroatoms. The molecule has 1 aliphatic carbocycles. The lowest BCUT2D eigenvalue weighted by molar-refractivity contribution is -0.142. The predicted molar refractivity (Wildman–Crippen MR) is 61.3 cm³/mol. The van der Waals surface area contributed by atoms with Crippen molar-refractivity contribution in [3.8, 4) is 0 Å². The van der Waals surface area contributed by atoms with Gasteiger partial charge < -0.3 is 10.4 Å². The van der Waals surface area contributed by atoms with Gasteiger partial charge in [-0.25, -0.2) is 0 Å². The highest BCUT2D eigenvalue weighted by molar-refractivity contribution is 7.14. The number of hydrogen-bond donors (Lipinski definition) is 2. The van der Waals surface area contributed by atoms with Crippen LogP contribution in [0, 0.1) is 5.92 Å². The van der Waals surface area contributed by atoms with E-state index in [1.807, 2.05) is 11.4 Å². The van der Waals surface area contributed by atoms with Crippen LogP contribution in [0.25, 0.3) is 0 Å². The number of carboxylic acids is 1. The molecule has 0 atom stereocenters. The summed E-state index contributed by atoms with van der Waals surface area (Å²) in [5.41, 5.74) is 0. The summed E-state index contributed by atoms with van der Waals surface area (Å²) in [5.74, 6) is -0.754. The first-order valence-electron chi connectivity index (χ1n) is 5.28. The van der Waals surface area contributed by atoms with Gasteiger partial charge in [0.05, 0.1) is 10.9 Å². The van der Waals surface area contributed by atoms with Crippen molar-refractivity contribution in [3.05, 3.63) is 17.5 Å².